The van der Waals surface area contributed by atoms with E-state index in [1.54, 1.807) is 0 Å². The van der Waals surface area contributed by atoms with Crippen molar-refractivity contribution < 1.29 is 4.79 Å². The summed E-state index contributed by atoms with van der Waals surface area (Å²) in [6, 6.07) is 27.9. The van der Waals surface area contributed by atoms with Gasteiger partial charge in [0.2, 0.25) is 5.91 Å². The second kappa shape index (κ2) is 7.24. The number of benzene rings is 4. The highest BCUT2D eigenvalue weighted by Gasteiger charge is 2.18. The van der Waals surface area contributed by atoms with Gasteiger partial charge in [-0.2, -0.15) is 0 Å². The van der Waals surface area contributed by atoms with Crippen molar-refractivity contribution in [3.63, 3.8) is 0 Å². The summed E-state index contributed by atoms with van der Waals surface area (Å²) in [6.45, 7) is 2.09. The lowest BCUT2D eigenvalue weighted by Gasteiger charge is -2.20. The van der Waals surface area contributed by atoms with Gasteiger partial charge in [-0.15, -0.1) is 0 Å². The highest BCUT2D eigenvalue weighted by Crippen LogP contribution is 2.36. The van der Waals surface area contributed by atoms with Gasteiger partial charge < -0.3 is 5.73 Å². The molecule has 0 saturated heterocycles. The highest BCUT2D eigenvalue weighted by molar-refractivity contribution is 6.08. The number of aryl methyl sites for hydroxylation is 1. The molecule has 0 aliphatic rings. The molecule has 0 radical (unpaired) electrons. The van der Waals surface area contributed by atoms with Crippen LogP contribution in [0.25, 0.3) is 21.5 Å². The van der Waals surface area contributed by atoms with E-state index in [2.05, 4.69) is 85.8 Å². The van der Waals surface area contributed by atoms with E-state index in [9.17, 15) is 4.79 Å². The van der Waals surface area contributed by atoms with Gasteiger partial charge in [0, 0.05) is 12.3 Å². The molecule has 4 aromatic rings. The molecule has 1 unspecified atom stereocenters. The van der Waals surface area contributed by atoms with Crippen molar-refractivity contribution in [1.29, 1.82) is 0 Å². The molecular formula is C25H23NO. The number of nitrogens with two attached hydrogens (primary N) is 1. The van der Waals surface area contributed by atoms with Gasteiger partial charge in [0.05, 0.1) is 0 Å². The Balaban J connectivity index is 1.90. The number of carbonyl (C=O) groups excluding carboxylic acids is 1. The van der Waals surface area contributed by atoms with Crippen molar-refractivity contribution >= 4 is 27.5 Å². The van der Waals surface area contributed by atoms with Crippen LogP contribution >= 0.6 is 0 Å². The van der Waals surface area contributed by atoms with Crippen molar-refractivity contribution in [1.82, 2.24) is 0 Å². The zero-order chi connectivity index (χ0) is 18.8. The van der Waals surface area contributed by atoms with E-state index in [0.29, 0.717) is 12.8 Å². The molecular weight excluding hydrogens is 330 g/mol. The van der Waals surface area contributed by atoms with Crippen LogP contribution in [0.4, 0.5) is 0 Å². The maximum Gasteiger partial charge on any atom is 0.217 e. The predicted octanol–water partition coefficient (Wildman–Crippen LogP) is 5.70. The molecule has 0 heterocycles. The van der Waals surface area contributed by atoms with Crippen molar-refractivity contribution in [2.45, 2.75) is 25.7 Å². The van der Waals surface area contributed by atoms with Gasteiger partial charge in [-0.25, -0.2) is 0 Å². The number of hydrogen-bond acceptors (Lipinski definition) is 1. The molecule has 0 aliphatic carbocycles. The SMILES string of the molecule is Cc1ccc(C(CCC(N)=O)c2cccc3c2ccc2ccccc23)cc1. The molecule has 4 rings (SSSR count). The van der Waals surface area contributed by atoms with Crippen LogP contribution in [0.2, 0.25) is 0 Å². The van der Waals surface area contributed by atoms with E-state index in [4.69, 9.17) is 5.73 Å². The van der Waals surface area contributed by atoms with Crippen LogP contribution in [0, 0.1) is 6.92 Å². The Labute approximate surface area is 159 Å². The smallest absolute Gasteiger partial charge is 0.217 e. The minimum absolute atomic E-state index is 0.142. The first-order valence-corrected chi connectivity index (χ1v) is 9.39. The molecule has 0 fully saturated rings. The van der Waals surface area contributed by atoms with Gasteiger partial charge >= 0.3 is 0 Å². The largest absolute Gasteiger partial charge is 0.370 e. The average Bonchev–Trinajstić information content (AvgIpc) is 2.69. The monoisotopic (exact) mass is 353 g/mol. The molecule has 134 valence electrons. The molecule has 2 heteroatoms. The molecule has 0 aliphatic heterocycles. The van der Waals surface area contributed by atoms with E-state index in [0.717, 1.165) is 0 Å². The van der Waals surface area contributed by atoms with Crippen LogP contribution in [0.1, 0.15) is 35.4 Å². The first kappa shape index (κ1) is 17.3. The molecule has 1 atom stereocenters. The first-order chi connectivity index (χ1) is 13.1. The van der Waals surface area contributed by atoms with Crippen LogP contribution in [0.3, 0.4) is 0 Å². The quantitative estimate of drug-likeness (QED) is 0.460. The number of primary amides is 1. The fraction of sp³-hybridized carbons (Fsp3) is 0.160. The number of fused-ring (bicyclic) bond motifs is 3. The standard InChI is InChI=1S/C25H23NO/c1-17-9-11-19(12-10-17)21(15-16-25(26)27)23-8-4-7-22-20-6-3-2-5-18(20)13-14-24(22)23/h2-14,21H,15-16H2,1H3,(H2,26,27). The second-order valence-electron chi connectivity index (χ2n) is 7.20. The summed E-state index contributed by atoms with van der Waals surface area (Å²) in [6.07, 6.45) is 1.09. The number of amides is 1. The van der Waals surface area contributed by atoms with Gasteiger partial charge in [0.15, 0.2) is 0 Å². The molecule has 0 saturated carbocycles. The Kier molecular flexibility index (Phi) is 4.64. The van der Waals surface area contributed by atoms with Crippen LogP contribution in [0.5, 0.6) is 0 Å². The lowest BCUT2D eigenvalue weighted by Crippen LogP contribution is -2.13. The van der Waals surface area contributed by atoms with Crippen molar-refractivity contribution in [3.05, 3.63) is 95.6 Å². The maximum atomic E-state index is 11.5. The van der Waals surface area contributed by atoms with E-state index < -0.39 is 0 Å². The summed E-state index contributed by atoms with van der Waals surface area (Å²) in [7, 11) is 0. The zero-order valence-electron chi connectivity index (χ0n) is 15.5. The summed E-state index contributed by atoms with van der Waals surface area (Å²) < 4.78 is 0. The Morgan fingerprint density at radius 3 is 2.33 bits per heavy atom. The third kappa shape index (κ3) is 3.43. The fourth-order valence-electron chi connectivity index (χ4n) is 3.96. The summed E-state index contributed by atoms with van der Waals surface area (Å²) in [5.74, 6) is -0.110. The third-order valence-electron chi connectivity index (χ3n) is 5.35. The van der Waals surface area contributed by atoms with Gasteiger partial charge in [0.25, 0.3) is 0 Å². The molecule has 1 amide bonds. The fourth-order valence-corrected chi connectivity index (χ4v) is 3.96. The number of carbonyl (C=O) groups is 1. The van der Waals surface area contributed by atoms with Gasteiger partial charge in [-0.3, -0.25) is 4.79 Å². The number of rotatable bonds is 5. The zero-order valence-corrected chi connectivity index (χ0v) is 15.5. The van der Waals surface area contributed by atoms with Crippen molar-refractivity contribution in [2.75, 3.05) is 0 Å². The molecule has 0 spiro atoms. The van der Waals surface area contributed by atoms with Crippen LogP contribution in [0.15, 0.2) is 78.9 Å². The van der Waals surface area contributed by atoms with Gasteiger partial charge in [0.1, 0.15) is 0 Å². The summed E-state index contributed by atoms with van der Waals surface area (Å²) in [5.41, 5.74) is 9.18. The maximum absolute atomic E-state index is 11.5. The molecule has 27 heavy (non-hydrogen) atoms. The molecule has 0 aromatic heterocycles. The van der Waals surface area contributed by atoms with Crippen LogP contribution in [-0.4, -0.2) is 5.91 Å². The Bertz CT molecular complexity index is 1110. The summed E-state index contributed by atoms with van der Waals surface area (Å²) >= 11 is 0. The lowest BCUT2D eigenvalue weighted by molar-refractivity contribution is -0.118. The van der Waals surface area contributed by atoms with Crippen molar-refractivity contribution in [3.8, 4) is 0 Å². The van der Waals surface area contributed by atoms with Crippen LogP contribution < -0.4 is 5.73 Å². The molecule has 0 bridgehead atoms. The van der Waals surface area contributed by atoms with E-state index in [1.165, 1.54) is 38.2 Å². The molecule has 2 nitrogen and oxygen atoms in total. The lowest BCUT2D eigenvalue weighted by atomic mass is 9.83. The predicted molar refractivity (Wildman–Crippen MR) is 113 cm³/mol. The van der Waals surface area contributed by atoms with Gasteiger partial charge in [-0.1, -0.05) is 84.4 Å². The second-order valence-corrected chi connectivity index (χ2v) is 7.20. The van der Waals surface area contributed by atoms with E-state index >= 15 is 0 Å². The Hall–Kier alpha value is -3.13. The molecule has 4 aromatic carbocycles. The number of hydrogen-bond donors (Lipinski definition) is 1. The van der Waals surface area contributed by atoms with E-state index in [-0.39, 0.29) is 11.8 Å². The Morgan fingerprint density at radius 2 is 1.56 bits per heavy atom. The topological polar surface area (TPSA) is 43.1 Å². The Morgan fingerprint density at radius 1 is 0.815 bits per heavy atom. The van der Waals surface area contributed by atoms with E-state index in [1.807, 2.05) is 0 Å². The normalized spacial score (nSPS) is 12.3. The van der Waals surface area contributed by atoms with Crippen LogP contribution in [-0.2, 0) is 4.79 Å². The third-order valence-corrected chi connectivity index (χ3v) is 5.35. The minimum atomic E-state index is -0.252. The summed E-state index contributed by atoms with van der Waals surface area (Å²) in [4.78, 5) is 11.5. The minimum Gasteiger partial charge on any atom is -0.370 e. The van der Waals surface area contributed by atoms with Gasteiger partial charge in [-0.05, 0) is 46.0 Å². The summed E-state index contributed by atoms with van der Waals surface area (Å²) in [5, 5.41) is 4.99. The molecule has 2 N–H and O–H groups in total. The highest BCUT2D eigenvalue weighted by atomic mass is 16.1. The first-order valence-electron chi connectivity index (χ1n) is 9.39. The average molecular weight is 353 g/mol. The van der Waals surface area contributed by atoms with Crippen molar-refractivity contribution in [2.24, 2.45) is 5.73 Å².